The van der Waals surface area contributed by atoms with Crippen molar-refractivity contribution >= 4 is 39.7 Å². The third kappa shape index (κ3) is 9.10. The van der Waals surface area contributed by atoms with E-state index in [1.165, 1.54) is 0 Å². The smallest absolute Gasteiger partial charge is 0.251 e. The van der Waals surface area contributed by atoms with E-state index in [0.29, 0.717) is 54.6 Å². The molecule has 10 heteroatoms. The Morgan fingerprint density at radius 2 is 1.78 bits per heavy atom. The molecule has 2 unspecified atom stereocenters. The Morgan fingerprint density at radius 1 is 1.02 bits per heavy atom. The van der Waals surface area contributed by atoms with Gasteiger partial charge < -0.3 is 21.1 Å². The summed E-state index contributed by atoms with van der Waals surface area (Å²) < 4.78 is 23.0. The monoisotopic (exact) mass is 600 g/mol. The first-order valence-electron chi connectivity index (χ1n) is 14.2. The van der Waals surface area contributed by atoms with E-state index in [4.69, 9.17) is 11.6 Å². The molecule has 2 atom stereocenters. The molecule has 1 fully saturated rings. The molecule has 41 heavy (non-hydrogen) atoms. The van der Waals surface area contributed by atoms with Crippen LogP contribution in [0.5, 0.6) is 0 Å². The van der Waals surface area contributed by atoms with Gasteiger partial charge in [-0.2, -0.15) is 0 Å². The fourth-order valence-corrected chi connectivity index (χ4v) is 6.78. The van der Waals surface area contributed by atoms with Crippen LogP contribution in [0.2, 0.25) is 5.02 Å². The molecule has 222 valence electrons. The van der Waals surface area contributed by atoms with Crippen molar-refractivity contribution in [1.29, 1.82) is 0 Å². The average molecular weight is 601 g/mol. The molecule has 0 saturated carbocycles. The average Bonchev–Trinajstić information content (AvgIpc) is 2.96. The molecule has 1 amide bonds. The Kier molecular flexibility index (Phi) is 11.3. The summed E-state index contributed by atoms with van der Waals surface area (Å²) in [4.78, 5) is 13.6. The first-order chi connectivity index (χ1) is 19.7. The maximum atomic E-state index is 13.6. The number of hydrogen-bond acceptors (Lipinski definition) is 7. The summed E-state index contributed by atoms with van der Waals surface area (Å²) in [5.41, 5.74) is 3.85. The van der Waals surface area contributed by atoms with Gasteiger partial charge in [0.2, 0.25) is 0 Å². The maximum Gasteiger partial charge on any atom is 0.251 e. The number of hydrogen-bond donors (Lipinski definition) is 6. The van der Waals surface area contributed by atoms with Crippen molar-refractivity contribution in [1.82, 2.24) is 10.6 Å². The number of nitrogens with zero attached hydrogens (tertiary/aromatic N) is 1. The van der Waals surface area contributed by atoms with E-state index in [1.54, 1.807) is 16.4 Å². The summed E-state index contributed by atoms with van der Waals surface area (Å²) in [6.45, 7) is 4.10. The van der Waals surface area contributed by atoms with E-state index < -0.39 is 22.9 Å². The second-order valence-electron chi connectivity index (χ2n) is 10.4. The zero-order chi connectivity index (χ0) is 29.2. The Labute approximate surface area is 249 Å². The van der Waals surface area contributed by atoms with Gasteiger partial charge in [0.25, 0.3) is 5.91 Å². The fourth-order valence-electron chi connectivity index (χ4n) is 4.98. The summed E-state index contributed by atoms with van der Waals surface area (Å²) in [6, 6.07) is 22.2. The number of amides is 1. The van der Waals surface area contributed by atoms with E-state index in [0.717, 1.165) is 36.1 Å². The summed E-state index contributed by atoms with van der Waals surface area (Å²) >= 11 is 5.98. The van der Waals surface area contributed by atoms with Crippen LogP contribution < -0.4 is 20.3 Å². The molecule has 0 spiro atoms. The predicted octanol–water partition coefficient (Wildman–Crippen LogP) is 5.57. The third-order valence-electron chi connectivity index (χ3n) is 7.17. The van der Waals surface area contributed by atoms with Crippen molar-refractivity contribution in [2.75, 3.05) is 41.6 Å². The lowest BCUT2D eigenvalue weighted by Gasteiger charge is -2.47. The van der Waals surface area contributed by atoms with Crippen LogP contribution in [0.1, 0.15) is 41.3 Å². The SMILES string of the molecule is CCNc1cc(C(=O)NC(Cc2ccccc2)C(O)CNCCc2ccc(Cl)cc2)cc(N2CCCCS2(O)O)c1. The van der Waals surface area contributed by atoms with Crippen molar-refractivity contribution in [2.45, 2.75) is 44.8 Å². The van der Waals surface area contributed by atoms with Crippen LogP contribution in [-0.2, 0) is 12.8 Å². The number of anilines is 2. The third-order valence-corrected chi connectivity index (χ3v) is 9.36. The highest BCUT2D eigenvalue weighted by Gasteiger charge is 2.28. The Hall–Kier alpha value is -2.79. The number of carbonyl (C=O) groups is 1. The van der Waals surface area contributed by atoms with Crippen LogP contribution in [0.15, 0.2) is 72.8 Å². The quantitative estimate of drug-likeness (QED) is 0.142. The number of nitrogens with one attached hydrogen (secondary N) is 3. The molecule has 8 nitrogen and oxygen atoms in total. The molecular formula is C31H41ClN4O4S. The number of aliphatic hydroxyl groups is 1. The molecule has 0 aromatic heterocycles. The summed E-state index contributed by atoms with van der Waals surface area (Å²) in [5.74, 6) is -0.0169. The van der Waals surface area contributed by atoms with Gasteiger partial charge in [-0.25, -0.2) is 0 Å². The molecule has 3 aromatic carbocycles. The van der Waals surface area contributed by atoms with Crippen LogP contribution in [-0.4, -0.2) is 64.2 Å². The van der Waals surface area contributed by atoms with Gasteiger partial charge in [0.15, 0.2) is 0 Å². The highest BCUT2D eigenvalue weighted by Crippen LogP contribution is 2.50. The van der Waals surface area contributed by atoms with Gasteiger partial charge >= 0.3 is 0 Å². The van der Waals surface area contributed by atoms with E-state index >= 15 is 0 Å². The van der Waals surface area contributed by atoms with E-state index in [2.05, 4.69) is 16.0 Å². The number of benzene rings is 3. The lowest BCUT2D eigenvalue weighted by molar-refractivity contribution is 0.0831. The largest absolute Gasteiger partial charge is 0.390 e. The first kappa shape index (κ1) is 31.2. The van der Waals surface area contributed by atoms with Crippen LogP contribution in [0, 0.1) is 0 Å². The zero-order valence-corrected chi connectivity index (χ0v) is 25.0. The fraction of sp³-hybridized carbons (Fsp3) is 0.387. The number of rotatable bonds is 13. The highest BCUT2D eigenvalue weighted by molar-refractivity contribution is 8.25. The second-order valence-corrected chi connectivity index (χ2v) is 12.9. The van der Waals surface area contributed by atoms with E-state index in [-0.39, 0.29) is 5.91 Å². The second kappa shape index (κ2) is 14.9. The van der Waals surface area contributed by atoms with Crippen molar-refractivity contribution in [3.63, 3.8) is 0 Å². The number of aliphatic hydroxyl groups excluding tert-OH is 1. The Morgan fingerprint density at radius 3 is 2.49 bits per heavy atom. The minimum atomic E-state index is -2.94. The van der Waals surface area contributed by atoms with Gasteiger partial charge in [-0.3, -0.25) is 18.2 Å². The maximum absolute atomic E-state index is 13.6. The Balaban J connectivity index is 1.48. The highest BCUT2D eigenvalue weighted by atomic mass is 35.5. The Bertz CT molecular complexity index is 1260. The zero-order valence-electron chi connectivity index (χ0n) is 23.4. The topological polar surface area (TPSA) is 117 Å². The minimum Gasteiger partial charge on any atom is -0.390 e. The van der Waals surface area contributed by atoms with Crippen LogP contribution in [0.4, 0.5) is 11.4 Å². The lowest BCUT2D eigenvalue weighted by atomic mass is 10.00. The first-order valence-corrected chi connectivity index (χ1v) is 16.2. The van der Waals surface area contributed by atoms with Crippen LogP contribution in [0.25, 0.3) is 0 Å². The van der Waals surface area contributed by atoms with Crippen molar-refractivity contribution in [2.24, 2.45) is 0 Å². The normalized spacial score (nSPS) is 17.0. The molecule has 0 aliphatic carbocycles. The standard InChI is InChI=1S/C31H41ClN4O4S/c1-2-34-27-19-25(20-28(21-27)36-16-6-7-17-41(36,39)40)31(38)35-29(18-24-8-4-3-5-9-24)30(37)22-33-15-14-23-10-12-26(32)13-11-23/h3-5,8-13,19-21,29-30,33-34,37,39-40H,2,6-7,14-18,22H2,1H3,(H,35,38). The minimum absolute atomic E-state index is 0.308. The summed E-state index contributed by atoms with van der Waals surface area (Å²) in [5, 5.41) is 21.5. The van der Waals surface area contributed by atoms with Crippen LogP contribution in [0.3, 0.4) is 0 Å². The van der Waals surface area contributed by atoms with Gasteiger partial charge in [0.1, 0.15) is 0 Å². The molecule has 6 N–H and O–H groups in total. The molecular weight excluding hydrogens is 560 g/mol. The van der Waals surface area contributed by atoms with Gasteiger partial charge in [-0.1, -0.05) is 54.1 Å². The van der Waals surface area contributed by atoms with E-state index in [9.17, 15) is 19.0 Å². The molecule has 0 radical (unpaired) electrons. The molecule has 1 saturated heterocycles. The molecule has 1 aliphatic heterocycles. The molecule has 4 rings (SSSR count). The predicted molar refractivity (Wildman–Crippen MR) is 170 cm³/mol. The van der Waals surface area contributed by atoms with Crippen molar-refractivity contribution in [3.8, 4) is 0 Å². The molecule has 0 bridgehead atoms. The van der Waals surface area contributed by atoms with Crippen molar-refractivity contribution in [3.05, 3.63) is 94.5 Å². The molecule has 1 aliphatic rings. The van der Waals surface area contributed by atoms with Crippen molar-refractivity contribution < 1.29 is 19.0 Å². The van der Waals surface area contributed by atoms with Gasteiger partial charge in [-0.15, -0.1) is 10.8 Å². The number of carbonyl (C=O) groups excluding carboxylic acids is 1. The van der Waals surface area contributed by atoms with Gasteiger partial charge in [-0.05, 0) is 80.6 Å². The molecule has 3 aromatic rings. The lowest BCUT2D eigenvalue weighted by Crippen LogP contribution is -2.49. The number of halogens is 1. The van der Waals surface area contributed by atoms with E-state index in [1.807, 2.05) is 67.6 Å². The van der Waals surface area contributed by atoms with Gasteiger partial charge in [0.05, 0.1) is 23.6 Å². The van der Waals surface area contributed by atoms with Crippen LogP contribution >= 0.6 is 22.4 Å². The summed E-state index contributed by atoms with van der Waals surface area (Å²) in [7, 11) is -2.94. The molecule has 1 heterocycles. The van der Waals surface area contributed by atoms with Gasteiger partial charge in [0, 0.05) is 35.9 Å². The summed E-state index contributed by atoms with van der Waals surface area (Å²) in [6.07, 6.45) is 2.01.